The Labute approximate surface area is 143 Å². The number of aryl methyl sites for hydroxylation is 1. The van der Waals surface area contributed by atoms with Gasteiger partial charge in [-0.15, -0.1) is 0 Å². The maximum absolute atomic E-state index is 5.26. The van der Waals surface area contributed by atoms with Crippen LogP contribution in [0.4, 0.5) is 11.6 Å². The first-order valence-corrected chi connectivity index (χ1v) is 8.72. The van der Waals surface area contributed by atoms with E-state index in [2.05, 4.69) is 32.7 Å². The molecule has 1 saturated carbocycles. The van der Waals surface area contributed by atoms with Crippen molar-refractivity contribution in [1.82, 2.24) is 9.97 Å². The summed E-state index contributed by atoms with van der Waals surface area (Å²) < 4.78 is 5.26. The van der Waals surface area contributed by atoms with Crippen molar-refractivity contribution < 1.29 is 4.74 Å². The zero-order chi connectivity index (χ0) is 16.8. The Morgan fingerprint density at radius 2 is 1.92 bits per heavy atom. The third-order valence-corrected chi connectivity index (χ3v) is 4.40. The van der Waals surface area contributed by atoms with Crippen molar-refractivity contribution in [2.45, 2.75) is 45.1 Å². The summed E-state index contributed by atoms with van der Waals surface area (Å²) in [5.74, 6) is 3.50. The Hall–Kier alpha value is -2.30. The molecule has 1 fully saturated rings. The van der Waals surface area contributed by atoms with Gasteiger partial charge < -0.3 is 15.4 Å². The average Bonchev–Trinajstić information content (AvgIpc) is 3.07. The van der Waals surface area contributed by atoms with Crippen molar-refractivity contribution in [3.63, 3.8) is 0 Å². The van der Waals surface area contributed by atoms with E-state index in [1.807, 2.05) is 25.1 Å². The Morgan fingerprint density at radius 1 is 1.12 bits per heavy atom. The van der Waals surface area contributed by atoms with Gasteiger partial charge in [-0.25, -0.2) is 9.97 Å². The monoisotopic (exact) mass is 326 g/mol. The summed E-state index contributed by atoms with van der Waals surface area (Å²) in [6.45, 7) is 2.76. The number of hydrogen-bond acceptors (Lipinski definition) is 5. The van der Waals surface area contributed by atoms with E-state index in [4.69, 9.17) is 4.74 Å². The molecule has 1 aromatic carbocycles. The van der Waals surface area contributed by atoms with E-state index in [0.29, 0.717) is 6.04 Å². The lowest BCUT2D eigenvalue weighted by Crippen LogP contribution is -2.16. The highest BCUT2D eigenvalue weighted by atomic mass is 16.5. The topological polar surface area (TPSA) is 59.1 Å². The van der Waals surface area contributed by atoms with Crippen LogP contribution in [0.5, 0.6) is 5.75 Å². The molecule has 0 unspecified atom stereocenters. The maximum atomic E-state index is 5.26. The van der Waals surface area contributed by atoms with Gasteiger partial charge in [0.1, 0.15) is 23.2 Å². The molecule has 128 valence electrons. The van der Waals surface area contributed by atoms with Crippen LogP contribution in [-0.2, 0) is 6.42 Å². The van der Waals surface area contributed by atoms with E-state index in [9.17, 15) is 0 Å². The minimum Gasteiger partial charge on any atom is -0.497 e. The molecule has 24 heavy (non-hydrogen) atoms. The van der Waals surface area contributed by atoms with Crippen molar-refractivity contribution in [3.05, 3.63) is 41.7 Å². The third-order valence-electron chi connectivity index (χ3n) is 4.40. The zero-order valence-corrected chi connectivity index (χ0v) is 14.5. The second-order valence-corrected chi connectivity index (χ2v) is 6.34. The van der Waals surface area contributed by atoms with Crippen LogP contribution >= 0.6 is 0 Å². The van der Waals surface area contributed by atoms with Gasteiger partial charge >= 0.3 is 0 Å². The third kappa shape index (κ3) is 4.60. The summed E-state index contributed by atoms with van der Waals surface area (Å²) in [6.07, 6.45) is 6.02. The van der Waals surface area contributed by atoms with E-state index >= 15 is 0 Å². The van der Waals surface area contributed by atoms with Gasteiger partial charge in [-0.3, -0.25) is 0 Å². The van der Waals surface area contributed by atoms with Gasteiger partial charge in [0, 0.05) is 18.7 Å². The minimum absolute atomic E-state index is 0.559. The molecule has 0 spiro atoms. The fourth-order valence-corrected chi connectivity index (χ4v) is 3.17. The summed E-state index contributed by atoms with van der Waals surface area (Å²) >= 11 is 0. The molecule has 5 heteroatoms. The first-order chi connectivity index (χ1) is 11.7. The number of aromatic nitrogens is 2. The van der Waals surface area contributed by atoms with Gasteiger partial charge in [0.2, 0.25) is 0 Å². The summed E-state index contributed by atoms with van der Waals surface area (Å²) in [6, 6.07) is 10.7. The van der Waals surface area contributed by atoms with Crippen LogP contribution in [0.15, 0.2) is 30.3 Å². The molecule has 0 bridgehead atoms. The second-order valence-electron chi connectivity index (χ2n) is 6.34. The number of nitrogens with zero attached hydrogens (tertiary/aromatic N) is 2. The zero-order valence-electron chi connectivity index (χ0n) is 14.5. The molecular formula is C19H26N4O. The molecule has 0 aliphatic heterocycles. The predicted molar refractivity (Wildman–Crippen MR) is 97.8 cm³/mol. The molecule has 1 heterocycles. The molecule has 1 aliphatic carbocycles. The van der Waals surface area contributed by atoms with Gasteiger partial charge in [-0.05, 0) is 43.9 Å². The highest BCUT2D eigenvalue weighted by molar-refractivity contribution is 5.48. The molecule has 0 saturated heterocycles. The van der Waals surface area contributed by atoms with Crippen molar-refractivity contribution in [3.8, 4) is 5.75 Å². The van der Waals surface area contributed by atoms with E-state index < -0.39 is 0 Å². The number of benzene rings is 1. The molecule has 0 radical (unpaired) electrons. The summed E-state index contributed by atoms with van der Waals surface area (Å²) in [5.41, 5.74) is 1.25. The Morgan fingerprint density at radius 3 is 2.71 bits per heavy atom. The molecule has 3 rings (SSSR count). The fourth-order valence-electron chi connectivity index (χ4n) is 3.17. The summed E-state index contributed by atoms with van der Waals surface area (Å²) in [5, 5.41) is 6.94. The number of rotatable bonds is 7. The van der Waals surface area contributed by atoms with E-state index in [-0.39, 0.29) is 0 Å². The van der Waals surface area contributed by atoms with Crippen molar-refractivity contribution in [2.75, 3.05) is 24.3 Å². The Bertz CT molecular complexity index is 668. The lowest BCUT2D eigenvalue weighted by atomic mass is 10.1. The Balaban J connectivity index is 1.56. The van der Waals surface area contributed by atoms with E-state index in [1.165, 1.54) is 31.2 Å². The average molecular weight is 326 g/mol. The molecule has 2 aromatic rings. The minimum atomic E-state index is 0.559. The number of anilines is 2. The van der Waals surface area contributed by atoms with Crippen LogP contribution in [0, 0.1) is 6.92 Å². The van der Waals surface area contributed by atoms with Crippen LogP contribution in [0.25, 0.3) is 0 Å². The number of hydrogen-bond donors (Lipinski definition) is 2. The standard InChI is InChI=1S/C19H26N4O/c1-14-21-18(13-19(22-14)23-16-7-3-4-8-16)20-11-10-15-6-5-9-17(12-15)24-2/h5-6,9,12-13,16H,3-4,7-8,10-11H2,1-2H3,(H2,20,21,22,23). The maximum Gasteiger partial charge on any atom is 0.132 e. The van der Waals surface area contributed by atoms with E-state index in [0.717, 1.165) is 36.2 Å². The molecular weight excluding hydrogens is 300 g/mol. The first kappa shape index (κ1) is 16.6. The van der Waals surface area contributed by atoms with Gasteiger partial charge in [0.25, 0.3) is 0 Å². The number of ether oxygens (including phenoxy) is 1. The predicted octanol–water partition coefficient (Wildman–Crippen LogP) is 3.80. The van der Waals surface area contributed by atoms with Crippen molar-refractivity contribution in [1.29, 1.82) is 0 Å². The largest absolute Gasteiger partial charge is 0.497 e. The second kappa shape index (κ2) is 7.99. The van der Waals surface area contributed by atoms with Crippen molar-refractivity contribution in [2.24, 2.45) is 0 Å². The first-order valence-electron chi connectivity index (χ1n) is 8.72. The quantitative estimate of drug-likeness (QED) is 0.810. The van der Waals surface area contributed by atoms with Crippen molar-refractivity contribution >= 4 is 11.6 Å². The summed E-state index contributed by atoms with van der Waals surface area (Å²) in [7, 11) is 1.69. The summed E-state index contributed by atoms with van der Waals surface area (Å²) in [4.78, 5) is 8.99. The van der Waals surface area contributed by atoms with Gasteiger partial charge in [0.05, 0.1) is 7.11 Å². The normalized spacial score (nSPS) is 14.6. The lowest BCUT2D eigenvalue weighted by Gasteiger charge is -2.14. The van der Waals surface area contributed by atoms with Crippen LogP contribution in [-0.4, -0.2) is 29.7 Å². The molecule has 1 aliphatic rings. The molecule has 2 N–H and O–H groups in total. The molecule has 1 aromatic heterocycles. The Kier molecular flexibility index (Phi) is 5.51. The number of methoxy groups -OCH3 is 1. The van der Waals surface area contributed by atoms with E-state index in [1.54, 1.807) is 7.11 Å². The van der Waals surface area contributed by atoms with Gasteiger partial charge in [-0.2, -0.15) is 0 Å². The van der Waals surface area contributed by atoms with Crippen LogP contribution in [0.3, 0.4) is 0 Å². The van der Waals surface area contributed by atoms with Crippen LogP contribution in [0.2, 0.25) is 0 Å². The molecule has 0 atom stereocenters. The van der Waals surface area contributed by atoms with Crippen LogP contribution in [0.1, 0.15) is 37.1 Å². The van der Waals surface area contributed by atoms with Gasteiger partial charge in [0.15, 0.2) is 0 Å². The smallest absolute Gasteiger partial charge is 0.132 e. The number of nitrogens with one attached hydrogen (secondary N) is 2. The van der Waals surface area contributed by atoms with Crippen LogP contribution < -0.4 is 15.4 Å². The fraction of sp³-hybridized carbons (Fsp3) is 0.474. The SMILES string of the molecule is COc1cccc(CCNc2cc(NC3CCCC3)nc(C)n2)c1. The lowest BCUT2D eigenvalue weighted by molar-refractivity contribution is 0.414. The molecule has 5 nitrogen and oxygen atoms in total. The molecule has 0 amide bonds. The van der Waals surface area contributed by atoms with Gasteiger partial charge in [-0.1, -0.05) is 25.0 Å². The highest BCUT2D eigenvalue weighted by Gasteiger charge is 2.15. The highest BCUT2D eigenvalue weighted by Crippen LogP contribution is 2.22.